The number of nitriles is 1. The molecule has 1 amide bonds. The fourth-order valence-corrected chi connectivity index (χ4v) is 5.26. The summed E-state index contributed by atoms with van der Waals surface area (Å²) < 4.78 is 68.6. The molecule has 0 spiro atoms. The van der Waals surface area contributed by atoms with Gasteiger partial charge in [0.05, 0.1) is 34.3 Å². The molecular weight excluding hydrogens is 551 g/mol. The molecule has 0 radical (unpaired) electrons. The van der Waals surface area contributed by atoms with Crippen molar-refractivity contribution in [3.8, 4) is 28.1 Å². The molecule has 0 aliphatic carbocycles. The van der Waals surface area contributed by atoms with Gasteiger partial charge in [-0.05, 0) is 54.1 Å². The van der Waals surface area contributed by atoms with Gasteiger partial charge in [0.25, 0.3) is 0 Å². The van der Waals surface area contributed by atoms with Gasteiger partial charge in [0.2, 0.25) is 11.0 Å². The SMILES string of the molecule is CCS(=O)(=O)c1ccc(CC(=O)Nc2nc(-c3cccc(C#N)c3)c(Oc3ccc(C(F)(F)F)cc3)s2)cc1. The van der Waals surface area contributed by atoms with Crippen molar-refractivity contribution in [2.75, 3.05) is 11.1 Å². The number of nitrogens with one attached hydrogen (secondary N) is 1. The highest BCUT2D eigenvalue weighted by atomic mass is 32.2. The Bertz CT molecular complexity index is 1640. The van der Waals surface area contributed by atoms with E-state index in [0.29, 0.717) is 22.4 Å². The number of hydrogen-bond acceptors (Lipinski definition) is 7. The van der Waals surface area contributed by atoms with Crippen molar-refractivity contribution in [2.24, 2.45) is 0 Å². The van der Waals surface area contributed by atoms with Crippen LogP contribution in [-0.2, 0) is 27.2 Å². The summed E-state index contributed by atoms with van der Waals surface area (Å²) in [5.41, 5.74) is 0.929. The maximum atomic E-state index is 12.9. The van der Waals surface area contributed by atoms with Gasteiger partial charge in [0, 0.05) is 5.56 Å². The minimum Gasteiger partial charge on any atom is -0.444 e. The molecule has 4 rings (SSSR count). The maximum absolute atomic E-state index is 12.9. The number of ether oxygens (including phenoxy) is 1. The minimum absolute atomic E-state index is 0.0344. The predicted molar refractivity (Wildman–Crippen MR) is 140 cm³/mol. The number of carbonyl (C=O) groups is 1. The van der Waals surface area contributed by atoms with Crippen molar-refractivity contribution >= 4 is 32.2 Å². The van der Waals surface area contributed by atoms with Crippen LogP contribution in [0.2, 0.25) is 0 Å². The highest BCUT2D eigenvalue weighted by Crippen LogP contribution is 2.41. The van der Waals surface area contributed by atoms with E-state index in [1.165, 1.54) is 24.3 Å². The standard InChI is InChI=1S/C27H20F3N3O4S2/c1-2-39(35,36)22-12-6-17(7-13-22)15-23(34)32-26-33-24(19-5-3-4-18(14-19)16-31)25(38-26)37-21-10-8-20(9-11-21)27(28,29)30/h3-14H,2,15H2,1H3,(H,32,33,34). The van der Waals surface area contributed by atoms with Crippen LogP contribution in [0.1, 0.15) is 23.6 Å². The Kier molecular flexibility index (Phi) is 8.03. The van der Waals surface area contributed by atoms with E-state index >= 15 is 0 Å². The van der Waals surface area contributed by atoms with E-state index in [2.05, 4.69) is 10.3 Å². The molecule has 200 valence electrons. The zero-order valence-corrected chi connectivity index (χ0v) is 22.0. The van der Waals surface area contributed by atoms with Gasteiger partial charge in [-0.25, -0.2) is 13.4 Å². The van der Waals surface area contributed by atoms with E-state index in [1.807, 2.05) is 6.07 Å². The lowest BCUT2D eigenvalue weighted by Gasteiger charge is -2.09. The van der Waals surface area contributed by atoms with Gasteiger partial charge in [-0.3, -0.25) is 4.79 Å². The smallest absolute Gasteiger partial charge is 0.416 e. The lowest BCUT2D eigenvalue weighted by Crippen LogP contribution is -2.14. The fraction of sp³-hybridized carbons (Fsp3) is 0.148. The lowest BCUT2D eigenvalue weighted by molar-refractivity contribution is -0.137. The number of halogens is 3. The molecule has 4 aromatic rings. The van der Waals surface area contributed by atoms with Crippen LogP contribution in [0.15, 0.2) is 77.7 Å². The van der Waals surface area contributed by atoms with E-state index < -0.39 is 27.5 Å². The Balaban J connectivity index is 1.58. The molecule has 0 aliphatic heterocycles. The van der Waals surface area contributed by atoms with Gasteiger partial charge < -0.3 is 10.1 Å². The second-order valence-electron chi connectivity index (χ2n) is 8.24. The number of carbonyl (C=O) groups excluding carboxylic acids is 1. The van der Waals surface area contributed by atoms with Crippen LogP contribution in [0, 0.1) is 11.3 Å². The third-order valence-corrected chi connectivity index (χ3v) is 8.13. The summed E-state index contributed by atoms with van der Waals surface area (Å²) in [5, 5.41) is 12.3. The molecule has 0 unspecified atom stereocenters. The number of amides is 1. The second kappa shape index (κ2) is 11.3. The normalized spacial score (nSPS) is 11.6. The first-order chi connectivity index (χ1) is 18.5. The van der Waals surface area contributed by atoms with Crippen molar-refractivity contribution < 1.29 is 31.1 Å². The minimum atomic E-state index is -4.49. The first kappa shape index (κ1) is 27.8. The summed E-state index contributed by atoms with van der Waals surface area (Å²) in [6.45, 7) is 1.55. The molecular formula is C27H20F3N3O4S2. The molecule has 1 aromatic heterocycles. The number of alkyl halides is 3. The number of hydrogen-bond donors (Lipinski definition) is 1. The third kappa shape index (κ3) is 6.81. The quantitative estimate of drug-likeness (QED) is 0.260. The Hall–Kier alpha value is -4.21. The first-order valence-corrected chi connectivity index (χ1v) is 13.9. The van der Waals surface area contributed by atoms with Crippen LogP contribution in [0.3, 0.4) is 0 Å². The third-order valence-electron chi connectivity index (χ3n) is 5.53. The second-order valence-corrected chi connectivity index (χ2v) is 11.5. The highest BCUT2D eigenvalue weighted by molar-refractivity contribution is 7.91. The van der Waals surface area contributed by atoms with Crippen molar-refractivity contribution in [2.45, 2.75) is 24.4 Å². The topological polar surface area (TPSA) is 109 Å². The first-order valence-electron chi connectivity index (χ1n) is 11.5. The highest BCUT2D eigenvalue weighted by Gasteiger charge is 2.30. The molecule has 0 bridgehead atoms. The number of sulfone groups is 1. The Morgan fingerprint density at radius 2 is 1.77 bits per heavy atom. The van der Waals surface area contributed by atoms with Crippen molar-refractivity contribution in [1.82, 2.24) is 4.98 Å². The number of aromatic nitrogens is 1. The molecule has 0 fully saturated rings. The fourth-order valence-electron chi connectivity index (χ4n) is 3.50. The molecule has 0 atom stereocenters. The number of thiazole rings is 1. The molecule has 3 aromatic carbocycles. The van der Waals surface area contributed by atoms with Crippen LogP contribution in [0.5, 0.6) is 10.8 Å². The Morgan fingerprint density at radius 1 is 1.08 bits per heavy atom. The predicted octanol–water partition coefficient (Wildman–Crippen LogP) is 6.47. The molecule has 7 nitrogen and oxygen atoms in total. The average Bonchev–Trinajstić information content (AvgIpc) is 3.30. The monoisotopic (exact) mass is 571 g/mol. The van der Waals surface area contributed by atoms with Gasteiger partial charge in [-0.2, -0.15) is 18.4 Å². The van der Waals surface area contributed by atoms with Gasteiger partial charge in [0.1, 0.15) is 11.4 Å². The number of nitrogens with zero attached hydrogens (tertiary/aromatic N) is 2. The lowest BCUT2D eigenvalue weighted by atomic mass is 10.1. The van der Waals surface area contributed by atoms with Crippen LogP contribution in [-0.4, -0.2) is 25.1 Å². The van der Waals surface area contributed by atoms with Gasteiger partial charge in [-0.1, -0.05) is 42.5 Å². The zero-order valence-electron chi connectivity index (χ0n) is 20.3. The molecule has 12 heteroatoms. The van der Waals surface area contributed by atoms with Crippen molar-refractivity contribution in [1.29, 1.82) is 5.26 Å². The number of rotatable bonds is 8. The van der Waals surface area contributed by atoms with Crippen LogP contribution >= 0.6 is 11.3 Å². The van der Waals surface area contributed by atoms with E-state index in [-0.39, 0.29) is 33.0 Å². The molecule has 1 heterocycles. The van der Waals surface area contributed by atoms with Crippen LogP contribution < -0.4 is 10.1 Å². The molecule has 1 N–H and O–H groups in total. The van der Waals surface area contributed by atoms with Gasteiger partial charge >= 0.3 is 6.18 Å². The summed E-state index contributed by atoms with van der Waals surface area (Å²) >= 11 is 0.970. The Labute approximate surface area is 226 Å². The van der Waals surface area contributed by atoms with E-state index in [4.69, 9.17) is 4.74 Å². The van der Waals surface area contributed by atoms with Crippen molar-refractivity contribution in [3.05, 3.63) is 89.5 Å². The maximum Gasteiger partial charge on any atom is 0.416 e. The largest absolute Gasteiger partial charge is 0.444 e. The number of anilines is 1. The summed E-state index contributed by atoms with van der Waals surface area (Å²) in [5.74, 6) is -0.328. The summed E-state index contributed by atoms with van der Waals surface area (Å²) in [7, 11) is -3.36. The van der Waals surface area contributed by atoms with Crippen LogP contribution in [0.25, 0.3) is 11.3 Å². The zero-order chi connectivity index (χ0) is 28.2. The van der Waals surface area contributed by atoms with Gasteiger partial charge in [0.15, 0.2) is 15.0 Å². The molecule has 0 aliphatic rings. The molecule has 0 saturated carbocycles. The molecule has 39 heavy (non-hydrogen) atoms. The number of benzene rings is 3. The summed E-state index contributed by atoms with van der Waals surface area (Å²) in [4.78, 5) is 17.3. The summed E-state index contributed by atoms with van der Waals surface area (Å²) in [6, 6.07) is 18.7. The van der Waals surface area contributed by atoms with E-state index in [9.17, 15) is 31.6 Å². The average molecular weight is 572 g/mol. The molecule has 0 saturated heterocycles. The Morgan fingerprint density at radius 3 is 2.38 bits per heavy atom. The van der Waals surface area contributed by atoms with Crippen molar-refractivity contribution in [3.63, 3.8) is 0 Å². The summed E-state index contributed by atoms with van der Waals surface area (Å²) in [6.07, 6.45) is -4.55. The van der Waals surface area contributed by atoms with Crippen LogP contribution in [0.4, 0.5) is 18.3 Å². The van der Waals surface area contributed by atoms with E-state index in [0.717, 1.165) is 23.5 Å². The van der Waals surface area contributed by atoms with Gasteiger partial charge in [-0.15, -0.1) is 0 Å². The van der Waals surface area contributed by atoms with E-state index in [1.54, 1.807) is 43.3 Å².